The van der Waals surface area contributed by atoms with Gasteiger partial charge in [0, 0.05) is 0 Å². The molecule has 0 aliphatic carbocycles. The van der Waals surface area contributed by atoms with Gasteiger partial charge in [-0.05, 0) is 0 Å². The molecule has 0 aromatic rings. The molecule has 0 bridgehead atoms. The van der Waals surface area contributed by atoms with Gasteiger partial charge in [0.2, 0.25) is 0 Å². The zero-order valence-electron chi connectivity index (χ0n) is 17.7. The topological polar surface area (TPSA) is 277 Å². The molecule has 0 spiro atoms. The molecular formula is C18H32O16. The zero-order chi connectivity index (χ0) is 25.7. The minimum Gasteiger partial charge on any atom is -0.394 e. The summed E-state index contributed by atoms with van der Waals surface area (Å²) in [5, 5.41) is 109. The highest BCUT2D eigenvalue weighted by atomic mass is 16.7. The van der Waals surface area contributed by atoms with E-state index in [1.54, 1.807) is 0 Å². The fraction of sp³-hybridized carbons (Fsp3) is 0.944. The summed E-state index contributed by atoms with van der Waals surface area (Å²) in [6.07, 6.45) is -25.6. The van der Waals surface area contributed by atoms with E-state index in [4.69, 9.17) is 18.9 Å². The van der Waals surface area contributed by atoms with Crippen molar-refractivity contribution in [3.05, 3.63) is 0 Å². The monoisotopic (exact) mass is 504 g/mol. The minimum absolute atomic E-state index is 0.0748. The van der Waals surface area contributed by atoms with Gasteiger partial charge in [-0.15, -0.1) is 0 Å². The number of hydrogen-bond donors (Lipinski definition) is 11. The molecule has 0 saturated carbocycles. The highest BCUT2D eigenvalue weighted by Gasteiger charge is 2.52. The maximum atomic E-state index is 10.8. The fourth-order valence-corrected chi connectivity index (χ4v) is 3.59. The van der Waals surface area contributed by atoms with Gasteiger partial charge in [-0.1, -0.05) is 0 Å². The first-order chi connectivity index (χ1) is 16.0. The molecule has 16 heteroatoms. The Kier molecular flexibility index (Phi) is 11.1. The van der Waals surface area contributed by atoms with Crippen LogP contribution in [0.25, 0.3) is 0 Å². The highest BCUT2D eigenvalue weighted by Crippen LogP contribution is 2.30. The van der Waals surface area contributed by atoms with Crippen LogP contribution in [-0.2, 0) is 23.7 Å². The van der Waals surface area contributed by atoms with Gasteiger partial charge in [0.15, 0.2) is 18.9 Å². The molecule has 2 fully saturated rings. The van der Waals surface area contributed by atoms with E-state index in [9.17, 15) is 61.0 Å². The lowest BCUT2D eigenvalue weighted by Gasteiger charge is -2.46. The van der Waals surface area contributed by atoms with Crippen LogP contribution in [0.1, 0.15) is 0 Å². The van der Waals surface area contributed by atoms with E-state index in [1.165, 1.54) is 0 Å². The van der Waals surface area contributed by atoms with Crippen molar-refractivity contribution in [1.82, 2.24) is 0 Å². The van der Waals surface area contributed by atoms with Crippen LogP contribution in [-0.4, -0.2) is 168 Å². The molecule has 2 heterocycles. The van der Waals surface area contributed by atoms with E-state index < -0.39 is 106 Å². The Balaban J connectivity index is 2.25. The number of ether oxygens (including phenoxy) is 4. The summed E-state index contributed by atoms with van der Waals surface area (Å²) < 4.78 is 21.0. The van der Waals surface area contributed by atoms with Gasteiger partial charge in [0.25, 0.3) is 0 Å². The second-order valence-corrected chi connectivity index (χ2v) is 7.97. The molecule has 14 atom stereocenters. The molecule has 16 nitrogen and oxygen atoms in total. The average Bonchev–Trinajstić information content (AvgIpc) is 2.84. The van der Waals surface area contributed by atoms with Crippen LogP contribution in [0.2, 0.25) is 0 Å². The van der Waals surface area contributed by atoms with Crippen LogP contribution in [0.4, 0.5) is 0 Å². The number of aldehydes is 1. The predicted molar refractivity (Wildman–Crippen MR) is 102 cm³/mol. The number of carbonyl (C=O) groups is 1. The summed E-state index contributed by atoms with van der Waals surface area (Å²) >= 11 is 0. The van der Waals surface area contributed by atoms with Crippen LogP contribution in [0.3, 0.4) is 0 Å². The second kappa shape index (κ2) is 12.9. The van der Waals surface area contributed by atoms with Gasteiger partial charge >= 0.3 is 0 Å². The van der Waals surface area contributed by atoms with Crippen molar-refractivity contribution in [3.63, 3.8) is 0 Å². The van der Waals surface area contributed by atoms with Gasteiger partial charge in [-0.3, -0.25) is 0 Å². The van der Waals surface area contributed by atoms with E-state index in [1.807, 2.05) is 0 Å². The van der Waals surface area contributed by atoms with Crippen molar-refractivity contribution >= 4 is 6.29 Å². The quantitative estimate of drug-likeness (QED) is 0.117. The Morgan fingerprint density at radius 2 is 1.32 bits per heavy atom. The van der Waals surface area contributed by atoms with Crippen LogP contribution in [0.5, 0.6) is 0 Å². The van der Waals surface area contributed by atoms with Gasteiger partial charge in [-0.25, -0.2) is 0 Å². The molecule has 2 aliphatic rings. The molecule has 0 radical (unpaired) electrons. The van der Waals surface area contributed by atoms with Crippen molar-refractivity contribution in [2.45, 2.75) is 85.8 Å². The molecular weight excluding hydrogens is 472 g/mol. The Bertz CT molecular complexity index is 623. The Morgan fingerprint density at radius 1 is 0.765 bits per heavy atom. The Labute approximate surface area is 192 Å². The number of aliphatic hydroxyl groups excluding tert-OH is 11. The third-order valence-corrected chi connectivity index (χ3v) is 5.65. The molecule has 2 aliphatic heterocycles. The van der Waals surface area contributed by atoms with E-state index in [0.717, 1.165) is 0 Å². The smallest absolute Gasteiger partial charge is 0.187 e. The molecule has 34 heavy (non-hydrogen) atoms. The lowest BCUT2D eigenvalue weighted by atomic mass is 9.96. The maximum Gasteiger partial charge on any atom is 0.187 e. The molecule has 0 amide bonds. The third-order valence-electron chi connectivity index (χ3n) is 5.65. The molecule has 2 rings (SSSR count). The van der Waals surface area contributed by atoms with Crippen molar-refractivity contribution in [2.24, 2.45) is 0 Å². The second-order valence-electron chi connectivity index (χ2n) is 7.97. The van der Waals surface area contributed by atoms with E-state index in [2.05, 4.69) is 0 Å². The maximum absolute atomic E-state index is 10.8. The first-order valence-electron chi connectivity index (χ1n) is 10.4. The molecule has 2 saturated heterocycles. The Morgan fingerprint density at radius 3 is 1.85 bits per heavy atom. The summed E-state index contributed by atoms with van der Waals surface area (Å²) in [6, 6.07) is 0. The van der Waals surface area contributed by atoms with Crippen molar-refractivity contribution in [1.29, 1.82) is 0 Å². The van der Waals surface area contributed by atoms with Gasteiger partial charge in [0.05, 0.1) is 19.8 Å². The van der Waals surface area contributed by atoms with Crippen molar-refractivity contribution < 1.29 is 79.9 Å². The SMILES string of the molecule is O=C[C@H](O)[C@@H](O)[C@H](O[C@@H]1O[C@H](CO)[C@H](O)[C@H](O[C@H]2O[C@H](CO)[C@H](O)[C@H](O)[C@H]2O)[C@H]1O)[C@H](O)CO. The first-order valence-corrected chi connectivity index (χ1v) is 10.4. The van der Waals surface area contributed by atoms with E-state index in [-0.39, 0.29) is 6.29 Å². The standard InChI is InChI=1S/C18H32O16/c19-1-5(23)9(25)15(6(24)2-20)33-18-14(30)16(11(27)8(4-22)32-18)34-17-13(29)12(28)10(26)7(3-21)31-17/h1,5-18,20-30H,2-4H2/t5-,6+,7+,8+,9+,10-,11-,12-,13+,14+,15+,16-,17+,18-/m0/s1. The lowest BCUT2D eigenvalue weighted by Crippen LogP contribution is -2.65. The summed E-state index contributed by atoms with van der Waals surface area (Å²) in [5.41, 5.74) is 0. The van der Waals surface area contributed by atoms with Gasteiger partial charge in [0.1, 0.15) is 73.2 Å². The largest absolute Gasteiger partial charge is 0.394 e. The highest BCUT2D eigenvalue weighted by molar-refractivity contribution is 5.56. The fourth-order valence-electron chi connectivity index (χ4n) is 3.59. The molecule has 11 N–H and O–H groups in total. The van der Waals surface area contributed by atoms with E-state index in [0.29, 0.717) is 0 Å². The van der Waals surface area contributed by atoms with Crippen LogP contribution < -0.4 is 0 Å². The summed E-state index contributed by atoms with van der Waals surface area (Å²) in [7, 11) is 0. The molecule has 0 aromatic carbocycles. The van der Waals surface area contributed by atoms with Crippen LogP contribution >= 0.6 is 0 Å². The van der Waals surface area contributed by atoms with Crippen molar-refractivity contribution in [2.75, 3.05) is 19.8 Å². The molecule has 0 aromatic heterocycles. The number of rotatable bonds is 11. The van der Waals surface area contributed by atoms with Gasteiger partial charge in [-0.2, -0.15) is 0 Å². The summed E-state index contributed by atoms with van der Waals surface area (Å²) in [6.45, 7) is -2.66. The normalized spacial score (nSPS) is 42.6. The van der Waals surface area contributed by atoms with Crippen LogP contribution in [0, 0.1) is 0 Å². The number of hydrogen-bond acceptors (Lipinski definition) is 16. The predicted octanol–water partition coefficient (Wildman–Crippen LogP) is -7.73. The Hall–Kier alpha value is -0.930. The summed E-state index contributed by atoms with van der Waals surface area (Å²) in [5.74, 6) is 0. The first kappa shape index (κ1) is 29.3. The third kappa shape index (κ3) is 6.25. The lowest BCUT2D eigenvalue weighted by molar-refractivity contribution is -0.368. The minimum atomic E-state index is -2.10. The average molecular weight is 504 g/mol. The number of aliphatic hydroxyl groups is 11. The van der Waals surface area contributed by atoms with Gasteiger partial charge < -0.3 is 79.9 Å². The number of carbonyl (C=O) groups excluding carboxylic acids is 1. The van der Waals surface area contributed by atoms with Crippen molar-refractivity contribution in [3.8, 4) is 0 Å². The van der Waals surface area contributed by atoms with Crippen LogP contribution in [0.15, 0.2) is 0 Å². The zero-order valence-corrected chi connectivity index (χ0v) is 17.7. The van der Waals surface area contributed by atoms with E-state index >= 15 is 0 Å². The molecule has 200 valence electrons. The summed E-state index contributed by atoms with van der Waals surface area (Å²) in [4.78, 5) is 10.8. The molecule has 0 unspecified atom stereocenters.